The van der Waals surface area contributed by atoms with Gasteiger partial charge in [-0.15, -0.1) is 0 Å². The van der Waals surface area contributed by atoms with E-state index in [2.05, 4.69) is 21.0 Å². The summed E-state index contributed by atoms with van der Waals surface area (Å²) >= 11 is 3.43. The molecule has 0 saturated heterocycles. The number of anilines is 1. The molecule has 17 heavy (non-hydrogen) atoms. The molecule has 0 bridgehead atoms. The van der Waals surface area contributed by atoms with E-state index in [0.717, 1.165) is 27.4 Å². The minimum Gasteiger partial charge on any atom is -0.452 e. The molecule has 2 rings (SSSR count). The van der Waals surface area contributed by atoms with Gasteiger partial charge >= 0.3 is 0 Å². The summed E-state index contributed by atoms with van der Waals surface area (Å²) in [7, 11) is 1.90. The highest BCUT2D eigenvalue weighted by atomic mass is 79.9. The fraction of sp³-hybridized carbons (Fsp3) is 0.250. The minimum absolute atomic E-state index is 0.698. The van der Waals surface area contributed by atoms with E-state index in [-0.39, 0.29) is 0 Å². The van der Waals surface area contributed by atoms with Crippen LogP contribution in [0.2, 0.25) is 0 Å². The molecule has 1 aromatic heterocycles. The van der Waals surface area contributed by atoms with Gasteiger partial charge in [0.1, 0.15) is 11.4 Å². The van der Waals surface area contributed by atoms with Crippen LogP contribution in [0.4, 0.5) is 5.69 Å². The highest BCUT2D eigenvalue weighted by molar-refractivity contribution is 9.10. The van der Waals surface area contributed by atoms with Gasteiger partial charge in [-0.25, -0.2) is 0 Å². The lowest BCUT2D eigenvalue weighted by Crippen LogP contribution is -1.93. The van der Waals surface area contributed by atoms with Crippen LogP contribution >= 0.6 is 15.9 Å². The van der Waals surface area contributed by atoms with Crippen molar-refractivity contribution in [3.63, 3.8) is 0 Å². The molecule has 0 aliphatic rings. The Morgan fingerprint density at radius 3 is 2.59 bits per heavy atom. The Morgan fingerprint density at radius 1 is 1.35 bits per heavy atom. The molecule has 0 unspecified atom stereocenters. The first kappa shape index (κ1) is 12.0. The second-order valence-electron chi connectivity index (χ2n) is 3.92. The average Bonchev–Trinajstić information content (AvgIpc) is 2.48. The number of hydrogen-bond acceptors (Lipinski definition) is 3. The third-order valence-corrected chi connectivity index (χ3v) is 3.23. The molecule has 0 spiro atoms. The molecule has 0 fully saturated rings. The zero-order valence-electron chi connectivity index (χ0n) is 9.99. The molecule has 5 heteroatoms. The van der Waals surface area contributed by atoms with Gasteiger partial charge in [-0.2, -0.15) is 5.10 Å². The Bertz CT molecular complexity index is 563. The standard InChI is InChI=1S/C12H14BrN3O/c1-7-12(8(2)16(3)15-7)17-11-5-4-9(14)6-10(11)13/h4-6H,14H2,1-3H3. The number of benzene rings is 1. The number of nitrogens with two attached hydrogens (primary N) is 1. The summed E-state index contributed by atoms with van der Waals surface area (Å²) in [5.41, 5.74) is 8.24. The molecule has 90 valence electrons. The first-order chi connectivity index (χ1) is 7.99. The number of rotatable bonds is 2. The van der Waals surface area contributed by atoms with Crippen molar-refractivity contribution in [1.29, 1.82) is 0 Å². The predicted octanol–water partition coefficient (Wildman–Crippen LogP) is 3.17. The number of aryl methyl sites for hydroxylation is 2. The number of hydrogen-bond donors (Lipinski definition) is 1. The lowest BCUT2D eigenvalue weighted by atomic mass is 10.3. The lowest BCUT2D eigenvalue weighted by Gasteiger charge is -2.08. The maximum atomic E-state index is 5.86. The quantitative estimate of drug-likeness (QED) is 0.866. The summed E-state index contributed by atoms with van der Waals surface area (Å²) in [4.78, 5) is 0. The summed E-state index contributed by atoms with van der Waals surface area (Å²) in [6.07, 6.45) is 0. The smallest absolute Gasteiger partial charge is 0.171 e. The third-order valence-electron chi connectivity index (χ3n) is 2.61. The molecule has 0 saturated carbocycles. The summed E-state index contributed by atoms with van der Waals surface area (Å²) in [6.45, 7) is 3.90. The molecule has 2 aromatic rings. The van der Waals surface area contributed by atoms with Gasteiger partial charge in [-0.05, 0) is 48.0 Å². The van der Waals surface area contributed by atoms with Crippen molar-refractivity contribution in [2.45, 2.75) is 13.8 Å². The number of aromatic nitrogens is 2. The molecule has 0 amide bonds. The Hall–Kier alpha value is -1.49. The van der Waals surface area contributed by atoms with Gasteiger partial charge in [0.15, 0.2) is 5.75 Å². The van der Waals surface area contributed by atoms with Crippen LogP contribution in [0.1, 0.15) is 11.4 Å². The maximum Gasteiger partial charge on any atom is 0.171 e. The van der Waals surface area contributed by atoms with Crippen molar-refractivity contribution in [2.24, 2.45) is 7.05 Å². The summed E-state index contributed by atoms with van der Waals surface area (Å²) in [6, 6.07) is 5.46. The molecule has 0 aliphatic carbocycles. The SMILES string of the molecule is Cc1nn(C)c(C)c1Oc1ccc(N)cc1Br. The van der Waals surface area contributed by atoms with E-state index in [0.29, 0.717) is 5.69 Å². The van der Waals surface area contributed by atoms with Gasteiger partial charge in [0, 0.05) is 12.7 Å². The number of ether oxygens (including phenoxy) is 1. The first-order valence-corrected chi connectivity index (χ1v) is 6.01. The molecule has 2 N–H and O–H groups in total. The zero-order chi connectivity index (χ0) is 12.6. The Balaban J connectivity index is 2.38. The molecule has 1 aromatic carbocycles. The van der Waals surface area contributed by atoms with E-state index in [4.69, 9.17) is 10.5 Å². The fourth-order valence-electron chi connectivity index (χ4n) is 1.61. The van der Waals surface area contributed by atoms with Crippen LogP contribution in [-0.2, 0) is 7.05 Å². The van der Waals surface area contributed by atoms with Crippen LogP contribution in [0, 0.1) is 13.8 Å². The van der Waals surface area contributed by atoms with Crippen molar-refractivity contribution in [3.05, 3.63) is 34.1 Å². The van der Waals surface area contributed by atoms with E-state index < -0.39 is 0 Å². The third kappa shape index (κ3) is 2.29. The normalized spacial score (nSPS) is 10.6. The second kappa shape index (κ2) is 4.41. The van der Waals surface area contributed by atoms with E-state index >= 15 is 0 Å². The Labute approximate surface area is 109 Å². The lowest BCUT2D eigenvalue weighted by molar-refractivity contribution is 0.471. The van der Waals surface area contributed by atoms with Gasteiger partial charge in [-0.3, -0.25) is 4.68 Å². The van der Waals surface area contributed by atoms with Crippen molar-refractivity contribution in [3.8, 4) is 11.5 Å². The summed E-state index contributed by atoms with van der Waals surface area (Å²) in [5, 5.41) is 4.31. The summed E-state index contributed by atoms with van der Waals surface area (Å²) < 4.78 is 8.50. The number of nitrogens with zero attached hydrogens (tertiary/aromatic N) is 2. The largest absolute Gasteiger partial charge is 0.452 e. The average molecular weight is 296 g/mol. The van der Waals surface area contributed by atoms with Crippen molar-refractivity contribution in [2.75, 3.05) is 5.73 Å². The highest BCUT2D eigenvalue weighted by Crippen LogP contribution is 2.33. The molecule has 0 aliphatic heterocycles. The number of halogens is 1. The van der Waals surface area contributed by atoms with Crippen molar-refractivity contribution < 1.29 is 4.74 Å². The van der Waals surface area contributed by atoms with Gasteiger partial charge in [0.2, 0.25) is 0 Å². The van der Waals surface area contributed by atoms with Gasteiger partial charge in [-0.1, -0.05) is 0 Å². The number of nitrogen functional groups attached to an aromatic ring is 1. The van der Waals surface area contributed by atoms with Gasteiger partial charge < -0.3 is 10.5 Å². The van der Waals surface area contributed by atoms with Gasteiger partial charge in [0.25, 0.3) is 0 Å². The fourth-order valence-corrected chi connectivity index (χ4v) is 2.09. The molecule has 0 atom stereocenters. The van der Waals surface area contributed by atoms with Crippen LogP contribution in [-0.4, -0.2) is 9.78 Å². The molecule has 0 radical (unpaired) electrons. The van der Waals surface area contributed by atoms with Crippen LogP contribution in [0.3, 0.4) is 0 Å². The van der Waals surface area contributed by atoms with Crippen LogP contribution in [0.15, 0.2) is 22.7 Å². The van der Waals surface area contributed by atoms with Crippen LogP contribution < -0.4 is 10.5 Å². The second-order valence-corrected chi connectivity index (χ2v) is 4.77. The van der Waals surface area contributed by atoms with E-state index in [1.54, 1.807) is 10.7 Å². The minimum atomic E-state index is 0.698. The Kier molecular flexibility index (Phi) is 3.11. The van der Waals surface area contributed by atoms with Crippen molar-refractivity contribution in [1.82, 2.24) is 9.78 Å². The zero-order valence-corrected chi connectivity index (χ0v) is 11.6. The topological polar surface area (TPSA) is 53.1 Å². The predicted molar refractivity (Wildman–Crippen MR) is 71.3 cm³/mol. The van der Waals surface area contributed by atoms with Gasteiger partial charge in [0.05, 0.1) is 10.2 Å². The van der Waals surface area contributed by atoms with E-state index in [1.165, 1.54) is 0 Å². The molecular weight excluding hydrogens is 282 g/mol. The first-order valence-electron chi connectivity index (χ1n) is 5.22. The van der Waals surface area contributed by atoms with E-state index in [1.807, 2.05) is 33.0 Å². The molecule has 4 nitrogen and oxygen atoms in total. The summed E-state index contributed by atoms with van der Waals surface area (Å²) in [5.74, 6) is 1.52. The maximum absolute atomic E-state index is 5.86. The molecule has 1 heterocycles. The molecular formula is C12H14BrN3O. The highest BCUT2D eigenvalue weighted by Gasteiger charge is 2.13. The van der Waals surface area contributed by atoms with E-state index in [9.17, 15) is 0 Å². The van der Waals surface area contributed by atoms with Crippen LogP contribution in [0.5, 0.6) is 11.5 Å². The van der Waals surface area contributed by atoms with Crippen molar-refractivity contribution >= 4 is 21.6 Å². The van der Waals surface area contributed by atoms with Crippen LogP contribution in [0.25, 0.3) is 0 Å². The monoisotopic (exact) mass is 295 g/mol. The Morgan fingerprint density at radius 2 is 2.06 bits per heavy atom.